The van der Waals surface area contributed by atoms with Crippen LogP contribution in [0.3, 0.4) is 0 Å². The van der Waals surface area contributed by atoms with Crippen LogP contribution in [0.15, 0.2) is 42.0 Å². The summed E-state index contributed by atoms with van der Waals surface area (Å²) in [6.07, 6.45) is 2.14. The Balaban J connectivity index is 1.71. The molecule has 6 nitrogen and oxygen atoms in total. The number of sulfone groups is 1. The second-order valence-corrected chi connectivity index (χ2v) is 9.90. The van der Waals surface area contributed by atoms with Gasteiger partial charge in [-0.1, -0.05) is 29.8 Å². The summed E-state index contributed by atoms with van der Waals surface area (Å²) in [5.74, 6) is 0.320. The molecule has 7 heteroatoms. The van der Waals surface area contributed by atoms with Crippen LogP contribution in [0.5, 0.6) is 0 Å². The lowest BCUT2D eigenvalue weighted by Crippen LogP contribution is -2.60. The molecule has 0 N–H and O–H groups in total. The number of rotatable bonds is 5. The highest BCUT2D eigenvalue weighted by atomic mass is 32.2. The fourth-order valence-corrected chi connectivity index (χ4v) is 5.94. The lowest BCUT2D eigenvalue weighted by molar-refractivity contribution is -0.120. The number of nitrogens with zero attached hydrogens (tertiary/aromatic N) is 3. The van der Waals surface area contributed by atoms with Crippen LogP contribution in [-0.4, -0.2) is 80.9 Å². The van der Waals surface area contributed by atoms with Crippen molar-refractivity contribution in [2.45, 2.75) is 25.9 Å². The highest BCUT2D eigenvalue weighted by Gasteiger charge is 2.46. The molecule has 1 aromatic carbocycles. The molecule has 2 aliphatic heterocycles. The van der Waals surface area contributed by atoms with Gasteiger partial charge < -0.3 is 4.90 Å². The molecule has 2 atom stereocenters. The van der Waals surface area contributed by atoms with Gasteiger partial charge in [0.1, 0.15) is 0 Å². The highest BCUT2D eigenvalue weighted by molar-refractivity contribution is 7.91. The predicted octanol–water partition coefficient (Wildman–Crippen LogP) is 1.40. The zero-order valence-corrected chi connectivity index (χ0v) is 17.2. The van der Waals surface area contributed by atoms with Gasteiger partial charge in [-0.3, -0.25) is 14.6 Å². The van der Waals surface area contributed by atoms with Crippen LogP contribution >= 0.6 is 0 Å². The summed E-state index contributed by atoms with van der Waals surface area (Å²) in [4.78, 5) is 18.7. The van der Waals surface area contributed by atoms with E-state index in [9.17, 15) is 13.2 Å². The van der Waals surface area contributed by atoms with Crippen LogP contribution in [0.25, 0.3) is 0 Å². The number of piperazine rings is 1. The van der Waals surface area contributed by atoms with Crippen molar-refractivity contribution in [2.24, 2.45) is 0 Å². The van der Waals surface area contributed by atoms with E-state index in [0.29, 0.717) is 6.54 Å². The molecule has 2 heterocycles. The van der Waals surface area contributed by atoms with Gasteiger partial charge in [0.15, 0.2) is 9.84 Å². The quantitative estimate of drug-likeness (QED) is 0.710. The fraction of sp³-hybridized carbons (Fsp3) is 0.550. The van der Waals surface area contributed by atoms with Gasteiger partial charge in [-0.15, -0.1) is 0 Å². The molecule has 0 bridgehead atoms. The second kappa shape index (κ2) is 8.12. The molecule has 2 saturated heterocycles. The van der Waals surface area contributed by atoms with E-state index in [0.717, 1.165) is 18.8 Å². The number of hydrogen-bond acceptors (Lipinski definition) is 5. The first-order valence-corrected chi connectivity index (χ1v) is 11.2. The van der Waals surface area contributed by atoms with Crippen LogP contribution in [0, 0.1) is 0 Å². The maximum absolute atomic E-state index is 12.8. The van der Waals surface area contributed by atoms with Crippen molar-refractivity contribution in [3.8, 4) is 0 Å². The van der Waals surface area contributed by atoms with Gasteiger partial charge in [0, 0.05) is 44.5 Å². The number of hydrogen-bond donors (Lipinski definition) is 0. The third-order valence-electron chi connectivity index (χ3n) is 5.50. The van der Waals surface area contributed by atoms with Gasteiger partial charge >= 0.3 is 0 Å². The lowest BCUT2D eigenvalue weighted by atomic mass is 10.0. The molecular weight excluding hydrogens is 362 g/mol. The largest absolute Gasteiger partial charge is 0.314 e. The van der Waals surface area contributed by atoms with Crippen LogP contribution in [-0.2, 0) is 14.6 Å². The van der Waals surface area contributed by atoms with E-state index in [4.69, 9.17) is 0 Å². The SMILES string of the molecule is CC(C)=CCN1CCN(CC(=O)N(C)c2ccccc2)C2CS(=O)(=O)CC21. The number of fused-ring (bicyclic) bond motifs is 1. The van der Waals surface area contributed by atoms with Crippen molar-refractivity contribution in [1.29, 1.82) is 0 Å². The monoisotopic (exact) mass is 391 g/mol. The summed E-state index contributed by atoms with van der Waals surface area (Å²) in [7, 11) is -1.30. The Bertz CT molecular complexity index is 803. The smallest absolute Gasteiger partial charge is 0.240 e. The molecule has 0 saturated carbocycles. The van der Waals surface area contributed by atoms with Crippen LogP contribution in [0.1, 0.15) is 13.8 Å². The van der Waals surface area contributed by atoms with Crippen molar-refractivity contribution in [3.05, 3.63) is 42.0 Å². The molecule has 0 aromatic heterocycles. The van der Waals surface area contributed by atoms with Gasteiger partial charge in [-0.25, -0.2) is 8.42 Å². The zero-order chi connectivity index (χ0) is 19.6. The summed E-state index contributed by atoms with van der Waals surface area (Å²) in [5, 5.41) is 0. The average Bonchev–Trinajstić information content (AvgIpc) is 2.96. The molecule has 1 amide bonds. The summed E-state index contributed by atoms with van der Waals surface area (Å²) < 4.78 is 24.6. The Kier molecular flexibility index (Phi) is 6.03. The fourth-order valence-electron chi connectivity index (χ4n) is 3.89. The van der Waals surface area contributed by atoms with Crippen LogP contribution in [0.4, 0.5) is 5.69 Å². The van der Waals surface area contributed by atoms with Crippen molar-refractivity contribution in [3.63, 3.8) is 0 Å². The molecule has 0 aliphatic carbocycles. The Morgan fingerprint density at radius 3 is 2.33 bits per heavy atom. The van der Waals surface area contributed by atoms with Crippen molar-refractivity contribution < 1.29 is 13.2 Å². The van der Waals surface area contributed by atoms with E-state index in [1.807, 2.05) is 30.3 Å². The van der Waals surface area contributed by atoms with Crippen LogP contribution in [0.2, 0.25) is 0 Å². The Labute approximate surface area is 162 Å². The van der Waals surface area contributed by atoms with E-state index < -0.39 is 9.84 Å². The first-order chi connectivity index (χ1) is 12.8. The number of likely N-dealkylation sites (N-methyl/N-ethyl adjacent to an activating group) is 1. The summed E-state index contributed by atoms with van der Waals surface area (Å²) in [5.41, 5.74) is 2.08. The van der Waals surface area contributed by atoms with E-state index >= 15 is 0 Å². The Morgan fingerprint density at radius 2 is 1.70 bits per heavy atom. The Morgan fingerprint density at radius 1 is 1.11 bits per heavy atom. The predicted molar refractivity (Wildman–Crippen MR) is 109 cm³/mol. The molecule has 2 aliphatic rings. The molecule has 0 spiro atoms. The third kappa shape index (κ3) is 4.78. The van der Waals surface area contributed by atoms with Crippen molar-refractivity contribution >= 4 is 21.4 Å². The number of carbonyl (C=O) groups excluding carboxylic acids is 1. The van der Waals surface area contributed by atoms with E-state index in [-0.39, 0.29) is 36.0 Å². The number of anilines is 1. The van der Waals surface area contributed by atoms with Gasteiger partial charge in [0.25, 0.3) is 0 Å². The van der Waals surface area contributed by atoms with Gasteiger partial charge in [-0.2, -0.15) is 0 Å². The third-order valence-corrected chi connectivity index (χ3v) is 7.19. The first-order valence-electron chi connectivity index (χ1n) is 9.40. The summed E-state index contributed by atoms with van der Waals surface area (Å²) in [6, 6.07) is 9.38. The molecule has 148 valence electrons. The van der Waals surface area contributed by atoms with Crippen LogP contribution < -0.4 is 4.90 Å². The standard InChI is InChI=1S/C20H29N3O3S/c1-16(2)9-10-22-11-12-23(19-15-27(25,26)14-18(19)22)13-20(24)21(3)17-7-5-4-6-8-17/h4-9,18-19H,10-15H2,1-3H3. The molecule has 2 fully saturated rings. The number of para-hydroxylation sites is 1. The number of amides is 1. The van der Waals surface area contributed by atoms with E-state index in [2.05, 4.69) is 29.7 Å². The van der Waals surface area contributed by atoms with Crippen molar-refractivity contribution in [1.82, 2.24) is 9.80 Å². The molecule has 0 radical (unpaired) electrons. The number of benzene rings is 1. The highest BCUT2D eigenvalue weighted by Crippen LogP contribution is 2.27. The minimum atomic E-state index is -3.07. The summed E-state index contributed by atoms with van der Waals surface area (Å²) in [6.45, 7) is 6.61. The average molecular weight is 392 g/mol. The minimum absolute atomic E-state index is 0.0120. The lowest BCUT2D eigenvalue weighted by Gasteiger charge is -2.43. The number of carbonyl (C=O) groups is 1. The van der Waals surface area contributed by atoms with Crippen molar-refractivity contribution in [2.75, 3.05) is 49.6 Å². The molecule has 27 heavy (non-hydrogen) atoms. The molecular formula is C20H29N3O3S. The van der Waals surface area contributed by atoms with E-state index in [1.165, 1.54) is 5.57 Å². The van der Waals surface area contributed by atoms with Gasteiger partial charge in [-0.05, 0) is 26.0 Å². The molecule has 2 unspecified atom stereocenters. The Hall–Kier alpha value is -1.70. The summed E-state index contributed by atoms with van der Waals surface area (Å²) >= 11 is 0. The normalized spacial score (nSPS) is 25.0. The molecule has 3 rings (SSSR count). The maximum atomic E-state index is 12.8. The maximum Gasteiger partial charge on any atom is 0.240 e. The zero-order valence-electron chi connectivity index (χ0n) is 16.3. The minimum Gasteiger partial charge on any atom is -0.314 e. The first kappa shape index (κ1) is 20.0. The number of allylic oxidation sites excluding steroid dienone is 1. The topological polar surface area (TPSA) is 60.9 Å². The molecule has 1 aromatic rings. The second-order valence-electron chi connectivity index (χ2n) is 7.75. The van der Waals surface area contributed by atoms with Gasteiger partial charge in [0.2, 0.25) is 5.91 Å². The van der Waals surface area contributed by atoms with E-state index in [1.54, 1.807) is 11.9 Å². The van der Waals surface area contributed by atoms with Gasteiger partial charge in [0.05, 0.1) is 18.1 Å².